The highest BCUT2D eigenvalue weighted by Gasteiger charge is 2.34. The molecule has 4 aromatic carbocycles. The van der Waals surface area contributed by atoms with Gasteiger partial charge in [-0.2, -0.15) is 0 Å². The second-order valence-corrected chi connectivity index (χ2v) is 9.62. The van der Waals surface area contributed by atoms with Crippen molar-refractivity contribution >= 4 is 11.8 Å². The van der Waals surface area contributed by atoms with Crippen molar-refractivity contribution in [2.75, 3.05) is 0 Å². The molecule has 0 aliphatic rings. The zero-order valence-corrected chi connectivity index (χ0v) is 21.7. The number of phenolic OH excluding ortho intramolecular Hbond substituents is 2. The molecule has 0 bridgehead atoms. The first kappa shape index (κ1) is 28.4. The predicted molar refractivity (Wildman–Crippen MR) is 151 cm³/mol. The van der Waals surface area contributed by atoms with E-state index in [9.17, 15) is 30.0 Å². The van der Waals surface area contributed by atoms with Gasteiger partial charge in [-0.15, -0.1) is 0 Å². The minimum atomic E-state index is -1.49. The number of amides is 2. The van der Waals surface area contributed by atoms with Crippen molar-refractivity contribution in [2.24, 2.45) is 0 Å². The Bertz CT molecular complexity index is 1300. The Hall–Kier alpha value is -4.66. The zero-order valence-electron chi connectivity index (χ0n) is 21.7. The van der Waals surface area contributed by atoms with Gasteiger partial charge in [0, 0.05) is 11.1 Å². The van der Waals surface area contributed by atoms with Crippen LogP contribution in [-0.2, 0) is 12.8 Å². The van der Waals surface area contributed by atoms with Gasteiger partial charge in [0.25, 0.3) is 11.8 Å². The van der Waals surface area contributed by atoms with Crippen molar-refractivity contribution < 1.29 is 30.0 Å². The number of phenols is 2. The van der Waals surface area contributed by atoms with Gasteiger partial charge in [0.2, 0.25) is 0 Å². The zero-order chi connectivity index (χ0) is 28.5. The van der Waals surface area contributed by atoms with Gasteiger partial charge in [0.1, 0.15) is 23.7 Å². The van der Waals surface area contributed by atoms with Crippen molar-refractivity contribution in [3.8, 4) is 11.5 Å². The Morgan fingerprint density at radius 3 is 1.27 bits per heavy atom. The van der Waals surface area contributed by atoms with E-state index >= 15 is 0 Å². The molecule has 2 amide bonds. The molecular weight excluding hydrogens is 508 g/mol. The number of aliphatic hydroxyl groups is 2. The van der Waals surface area contributed by atoms with Crippen LogP contribution in [0.5, 0.6) is 11.5 Å². The molecule has 206 valence electrons. The van der Waals surface area contributed by atoms with E-state index in [-0.39, 0.29) is 35.5 Å². The van der Waals surface area contributed by atoms with Crippen LogP contribution in [0.25, 0.3) is 0 Å². The summed E-state index contributed by atoms with van der Waals surface area (Å²) in [5, 5.41) is 48.1. The van der Waals surface area contributed by atoms with Crippen LogP contribution >= 0.6 is 0 Å². The minimum Gasteiger partial charge on any atom is -0.508 e. The number of hydrogen-bond donors (Lipinski definition) is 6. The van der Waals surface area contributed by atoms with E-state index in [4.69, 9.17) is 0 Å². The molecule has 0 spiro atoms. The Labute approximate surface area is 232 Å². The van der Waals surface area contributed by atoms with E-state index in [1.165, 1.54) is 48.5 Å². The lowest BCUT2D eigenvalue weighted by Crippen LogP contribution is -2.57. The maximum absolute atomic E-state index is 13.1. The highest BCUT2D eigenvalue weighted by atomic mass is 16.3. The SMILES string of the molecule is O=C(N[C@@H](Cc1ccccc1)[C@H](O)[C@@H](O)[C@@H](Cc1ccccc1)NC(=O)c1cccc(O)c1)c1cccc(O)c1. The van der Waals surface area contributed by atoms with Gasteiger partial charge in [0.15, 0.2) is 0 Å². The molecule has 0 radical (unpaired) electrons. The molecule has 0 saturated carbocycles. The molecule has 0 aliphatic heterocycles. The second kappa shape index (κ2) is 13.4. The van der Waals surface area contributed by atoms with E-state index in [1.54, 1.807) is 0 Å². The van der Waals surface area contributed by atoms with Crippen molar-refractivity contribution in [3.05, 3.63) is 131 Å². The lowest BCUT2D eigenvalue weighted by atomic mass is 9.90. The van der Waals surface area contributed by atoms with Crippen LogP contribution in [0.3, 0.4) is 0 Å². The molecule has 0 saturated heterocycles. The average molecular weight is 541 g/mol. The maximum Gasteiger partial charge on any atom is 0.251 e. The van der Waals surface area contributed by atoms with Crippen LogP contribution in [0.15, 0.2) is 109 Å². The molecule has 6 N–H and O–H groups in total. The number of nitrogens with one attached hydrogen (secondary N) is 2. The molecule has 0 heterocycles. The fraction of sp³-hybridized carbons (Fsp3) is 0.188. The van der Waals surface area contributed by atoms with E-state index in [0.29, 0.717) is 0 Å². The van der Waals surface area contributed by atoms with Gasteiger partial charge in [0.05, 0.1) is 12.1 Å². The van der Waals surface area contributed by atoms with Gasteiger partial charge in [-0.05, 0) is 60.4 Å². The number of aromatic hydroxyl groups is 2. The largest absolute Gasteiger partial charge is 0.508 e. The van der Waals surface area contributed by atoms with Crippen LogP contribution in [0.1, 0.15) is 31.8 Å². The summed E-state index contributed by atoms with van der Waals surface area (Å²) >= 11 is 0. The Kier molecular flexibility index (Phi) is 9.51. The highest BCUT2D eigenvalue weighted by molar-refractivity contribution is 5.95. The summed E-state index contributed by atoms with van der Waals surface area (Å²) in [7, 11) is 0. The van der Waals surface area contributed by atoms with Crippen molar-refractivity contribution in [3.63, 3.8) is 0 Å². The number of hydrogen-bond acceptors (Lipinski definition) is 6. The number of carbonyl (C=O) groups excluding carboxylic acids is 2. The van der Waals surface area contributed by atoms with E-state index < -0.39 is 36.1 Å². The molecule has 4 atom stereocenters. The van der Waals surface area contributed by atoms with E-state index in [0.717, 1.165) is 11.1 Å². The van der Waals surface area contributed by atoms with Crippen LogP contribution in [-0.4, -0.2) is 56.5 Å². The summed E-state index contributed by atoms with van der Waals surface area (Å²) in [5.41, 5.74) is 2.02. The van der Waals surface area contributed by atoms with E-state index in [1.807, 2.05) is 60.7 Å². The first-order valence-corrected chi connectivity index (χ1v) is 12.9. The lowest BCUT2D eigenvalue weighted by molar-refractivity contribution is -0.0219. The summed E-state index contributed by atoms with van der Waals surface area (Å²) in [4.78, 5) is 26.1. The third-order valence-electron chi connectivity index (χ3n) is 6.62. The second-order valence-electron chi connectivity index (χ2n) is 9.62. The first-order chi connectivity index (χ1) is 19.3. The van der Waals surface area contributed by atoms with Crippen LogP contribution in [0.4, 0.5) is 0 Å². The molecule has 0 fully saturated rings. The fourth-order valence-corrected chi connectivity index (χ4v) is 4.52. The molecule has 8 nitrogen and oxygen atoms in total. The standard InChI is InChI=1S/C32H32N2O6/c35-25-15-7-13-23(19-25)31(39)33-27(17-21-9-3-1-4-10-21)29(37)30(38)28(18-22-11-5-2-6-12-22)34-32(40)24-14-8-16-26(36)20-24/h1-16,19-20,27-30,35-38H,17-18H2,(H,33,39)(H,34,40)/t27-,28+,29-,30-/m0/s1. The Morgan fingerprint density at radius 2 is 0.925 bits per heavy atom. The minimum absolute atomic E-state index is 0.0783. The first-order valence-electron chi connectivity index (χ1n) is 12.9. The molecular formula is C32H32N2O6. The van der Waals surface area contributed by atoms with Gasteiger partial charge >= 0.3 is 0 Å². The summed E-state index contributed by atoms with van der Waals surface area (Å²) < 4.78 is 0. The third kappa shape index (κ3) is 7.69. The topological polar surface area (TPSA) is 139 Å². The maximum atomic E-state index is 13.1. The Balaban J connectivity index is 1.61. The molecule has 0 aromatic heterocycles. The molecule has 0 unspecified atom stereocenters. The summed E-state index contributed by atoms with van der Waals surface area (Å²) in [6.45, 7) is 0. The fourth-order valence-electron chi connectivity index (χ4n) is 4.52. The predicted octanol–water partition coefficient (Wildman–Crippen LogP) is 3.20. The van der Waals surface area contributed by atoms with Crippen molar-refractivity contribution in [1.82, 2.24) is 10.6 Å². The molecule has 8 heteroatoms. The molecule has 0 aliphatic carbocycles. The smallest absolute Gasteiger partial charge is 0.251 e. The van der Waals surface area contributed by atoms with Gasteiger partial charge < -0.3 is 31.1 Å². The number of aliphatic hydroxyl groups excluding tert-OH is 2. The normalized spacial score (nSPS) is 13.9. The van der Waals surface area contributed by atoms with Gasteiger partial charge in [-0.1, -0.05) is 72.8 Å². The third-order valence-corrected chi connectivity index (χ3v) is 6.62. The average Bonchev–Trinajstić information content (AvgIpc) is 2.96. The molecule has 40 heavy (non-hydrogen) atoms. The van der Waals surface area contributed by atoms with Crippen molar-refractivity contribution in [1.29, 1.82) is 0 Å². The lowest BCUT2D eigenvalue weighted by Gasteiger charge is -2.33. The van der Waals surface area contributed by atoms with Gasteiger partial charge in [-0.25, -0.2) is 0 Å². The van der Waals surface area contributed by atoms with Crippen LogP contribution in [0.2, 0.25) is 0 Å². The summed E-state index contributed by atoms with van der Waals surface area (Å²) in [6, 6.07) is 28.2. The van der Waals surface area contributed by atoms with Gasteiger partial charge in [-0.3, -0.25) is 9.59 Å². The van der Waals surface area contributed by atoms with Crippen molar-refractivity contribution in [2.45, 2.75) is 37.1 Å². The number of rotatable bonds is 11. The highest BCUT2D eigenvalue weighted by Crippen LogP contribution is 2.18. The quantitative estimate of drug-likeness (QED) is 0.173. The summed E-state index contributed by atoms with van der Waals surface area (Å²) in [6.07, 6.45) is -2.58. The number of carbonyl (C=O) groups is 2. The van der Waals surface area contributed by atoms with E-state index in [2.05, 4.69) is 10.6 Å². The van der Waals surface area contributed by atoms with Crippen LogP contribution in [0, 0.1) is 0 Å². The molecule has 4 rings (SSSR count). The van der Waals surface area contributed by atoms with Crippen LogP contribution < -0.4 is 10.6 Å². The monoisotopic (exact) mass is 540 g/mol. The Morgan fingerprint density at radius 1 is 0.550 bits per heavy atom. The summed E-state index contributed by atoms with van der Waals surface area (Å²) in [5.74, 6) is -1.23. The molecule has 4 aromatic rings. The number of benzene rings is 4.